The number of anilines is 1. The van der Waals surface area contributed by atoms with Crippen LogP contribution in [0.2, 0.25) is 0 Å². The van der Waals surface area contributed by atoms with Crippen molar-refractivity contribution in [1.82, 2.24) is 10.2 Å². The molecule has 1 aliphatic rings. The van der Waals surface area contributed by atoms with Gasteiger partial charge in [0.05, 0.1) is 18.8 Å². The molecule has 7 heteroatoms. The second kappa shape index (κ2) is 9.43. The number of hydrogen-bond acceptors (Lipinski definition) is 5. The second-order valence-corrected chi connectivity index (χ2v) is 6.77. The molecule has 2 aromatic carbocycles. The second-order valence-electron chi connectivity index (χ2n) is 6.77. The van der Waals surface area contributed by atoms with Gasteiger partial charge in [-0.3, -0.25) is 14.5 Å². The number of hydrogen-bond donors (Lipinski definition) is 2. The van der Waals surface area contributed by atoms with Crippen molar-refractivity contribution in [3.63, 3.8) is 0 Å². The first-order chi connectivity index (χ1) is 14.0. The molecule has 0 bridgehead atoms. The third kappa shape index (κ3) is 4.86. The monoisotopic (exact) mass is 397 g/mol. The number of fused-ring (bicyclic) bond motifs is 1. The van der Waals surface area contributed by atoms with Gasteiger partial charge in [0, 0.05) is 12.1 Å². The largest absolute Gasteiger partial charge is 0.497 e. The van der Waals surface area contributed by atoms with Crippen LogP contribution in [0.1, 0.15) is 35.8 Å². The molecule has 0 radical (unpaired) electrons. The number of carbonyl (C=O) groups is 2. The summed E-state index contributed by atoms with van der Waals surface area (Å²) in [5.41, 5.74) is 2.16. The molecule has 2 N–H and O–H groups in total. The lowest BCUT2D eigenvalue weighted by Gasteiger charge is -2.30. The fourth-order valence-corrected chi connectivity index (χ4v) is 3.48. The van der Waals surface area contributed by atoms with Crippen LogP contribution in [0, 0.1) is 0 Å². The number of nitrogens with one attached hydrogen (secondary N) is 2. The van der Waals surface area contributed by atoms with Crippen LogP contribution in [-0.2, 0) is 4.79 Å². The van der Waals surface area contributed by atoms with E-state index in [1.807, 2.05) is 24.3 Å². The molecule has 154 valence electrons. The zero-order chi connectivity index (χ0) is 20.8. The van der Waals surface area contributed by atoms with Gasteiger partial charge in [-0.2, -0.15) is 0 Å². The molecule has 0 spiro atoms. The average molecular weight is 397 g/mol. The first kappa shape index (κ1) is 20.7. The fourth-order valence-electron chi connectivity index (χ4n) is 3.48. The van der Waals surface area contributed by atoms with Gasteiger partial charge in [-0.25, -0.2) is 0 Å². The number of carbonyl (C=O) groups excluding carboxylic acids is 2. The number of methoxy groups -OCH3 is 1. The smallest absolute Gasteiger partial charge is 0.262 e. The maximum Gasteiger partial charge on any atom is 0.262 e. The van der Waals surface area contributed by atoms with Gasteiger partial charge in [0.1, 0.15) is 11.5 Å². The zero-order valence-electron chi connectivity index (χ0n) is 17.0. The van der Waals surface area contributed by atoms with E-state index in [4.69, 9.17) is 9.47 Å². The van der Waals surface area contributed by atoms with Crippen molar-refractivity contribution in [2.45, 2.75) is 19.9 Å². The summed E-state index contributed by atoms with van der Waals surface area (Å²) >= 11 is 0. The van der Waals surface area contributed by atoms with Crippen LogP contribution in [0.4, 0.5) is 5.69 Å². The number of benzene rings is 2. The summed E-state index contributed by atoms with van der Waals surface area (Å²) in [7, 11) is 1.65. The molecule has 0 aromatic heterocycles. The van der Waals surface area contributed by atoms with E-state index in [1.54, 1.807) is 25.3 Å². The average Bonchev–Trinajstić information content (AvgIpc) is 2.76. The standard InChI is InChI=1S/C22H27N3O4/c1-4-25(5-2)19(15-7-6-8-17(11-15)28-3)13-23-22(27)16-9-10-18-20(12-16)29-14-21(26)24-18/h6-12,19H,4-5,13-14H2,1-3H3,(H,23,27)(H,24,26)/t19-/m0/s1. The Morgan fingerprint density at radius 1 is 1.24 bits per heavy atom. The first-order valence-electron chi connectivity index (χ1n) is 9.78. The Kier molecular flexibility index (Phi) is 6.72. The molecule has 1 aliphatic heterocycles. The highest BCUT2D eigenvalue weighted by Gasteiger charge is 2.21. The van der Waals surface area contributed by atoms with Crippen LogP contribution >= 0.6 is 0 Å². The molecule has 2 amide bonds. The summed E-state index contributed by atoms with van der Waals surface area (Å²) in [5, 5.41) is 5.76. The molecule has 1 heterocycles. The van der Waals surface area contributed by atoms with Crippen molar-refractivity contribution in [2.75, 3.05) is 38.7 Å². The summed E-state index contributed by atoms with van der Waals surface area (Å²) in [6.07, 6.45) is 0. The third-order valence-corrected chi connectivity index (χ3v) is 5.06. The number of nitrogens with zero attached hydrogens (tertiary/aromatic N) is 1. The molecule has 0 unspecified atom stereocenters. The molecular weight excluding hydrogens is 370 g/mol. The van der Waals surface area contributed by atoms with Gasteiger partial charge >= 0.3 is 0 Å². The molecule has 0 fully saturated rings. The molecule has 0 saturated heterocycles. The topological polar surface area (TPSA) is 79.9 Å². The van der Waals surface area contributed by atoms with E-state index in [-0.39, 0.29) is 24.5 Å². The molecule has 2 aromatic rings. The van der Waals surface area contributed by atoms with Crippen molar-refractivity contribution in [3.05, 3.63) is 53.6 Å². The number of likely N-dealkylation sites (N-methyl/N-ethyl adjacent to an activating group) is 1. The Balaban J connectivity index is 1.75. The van der Waals surface area contributed by atoms with Crippen LogP contribution in [0.15, 0.2) is 42.5 Å². The molecule has 7 nitrogen and oxygen atoms in total. The quantitative estimate of drug-likeness (QED) is 0.716. The number of amides is 2. The van der Waals surface area contributed by atoms with Crippen molar-refractivity contribution in [3.8, 4) is 11.5 Å². The Hall–Kier alpha value is -3.06. The van der Waals surface area contributed by atoms with Crippen molar-refractivity contribution in [1.29, 1.82) is 0 Å². The van der Waals surface area contributed by atoms with Gasteiger partial charge < -0.3 is 20.1 Å². The van der Waals surface area contributed by atoms with Crippen LogP contribution < -0.4 is 20.1 Å². The minimum atomic E-state index is -0.199. The van der Waals surface area contributed by atoms with Crippen LogP contribution in [0.25, 0.3) is 0 Å². The highest BCUT2D eigenvalue weighted by atomic mass is 16.5. The summed E-state index contributed by atoms with van der Waals surface area (Å²) in [6.45, 7) is 6.35. The lowest BCUT2D eigenvalue weighted by Crippen LogP contribution is -2.38. The van der Waals surface area contributed by atoms with E-state index in [0.29, 0.717) is 23.5 Å². The van der Waals surface area contributed by atoms with E-state index in [1.165, 1.54) is 0 Å². The van der Waals surface area contributed by atoms with E-state index < -0.39 is 0 Å². The minimum Gasteiger partial charge on any atom is -0.497 e. The van der Waals surface area contributed by atoms with Gasteiger partial charge in [-0.15, -0.1) is 0 Å². The normalized spacial score (nSPS) is 13.9. The maximum absolute atomic E-state index is 12.8. The first-order valence-corrected chi connectivity index (χ1v) is 9.78. The minimum absolute atomic E-state index is 0.0252. The highest BCUT2D eigenvalue weighted by Crippen LogP contribution is 2.29. The SMILES string of the molecule is CCN(CC)[C@@H](CNC(=O)c1ccc2c(c1)OCC(=O)N2)c1cccc(OC)c1. The molecule has 3 rings (SSSR count). The predicted octanol–water partition coefficient (Wildman–Crippen LogP) is 2.84. The fraction of sp³-hybridized carbons (Fsp3) is 0.364. The van der Waals surface area contributed by atoms with Gasteiger partial charge in [0.2, 0.25) is 0 Å². The Morgan fingerprint density at radius 2 is 2.03 bits per heavy atom. The van der Waals surface area contributed by atoms with Gasteiger partial charge in [0.15, 0.2) is 6.61 Å². The Morgan fingerprint density at radius 3 is 2.76 bits per heavy atom. The van der Waals surface area contributed by atoms with E-state index >= 15 is 0 Å². The Labute approximate surface area is 171 Å². The Bertz CT molecular complexity index is 880. The van der Waals surface area contributed by atoms with E-state index in [0.717, 1.165) is 24.4 Å². The summed E-state index contributed by atoms with van der Waals surface area (Å²) in [5.74, 6) is 0.911. The third-order valence-electron chi connectivity index (χ3n) is 5.06. The molecule has 29 heavy (non-hydrogen) atoms. The van der Waals surface area contributed by atoms with Crippen LogP contribution in [-0.4, -0.2) is 50.1 Å². The zero-order valence-corrected chi connectivity index (χ0v) is 17.0. The lowest BCUT2D eigenvalue weighted by molar-refractivity contribution is -0.118. The maximum atomic E-state index is 12.8. The molecule has 1 atom stereocenters. The van der Waals surface area contributed by atoms with E-state index in [9.17, 15) is 9.59 Å². The van der Waals surface area contributed by atoms with Crippen molar-refractivity contribution in [2.24, 2.45) is 0 Å². The van der Waals surface area contributed by atoms with Gasteiger partial charge in [-0.05, 0) is 49.0 Å². The summed E-state index contributed by atoms with van der Waals surface area (Å²) in [6, 6.07) is 13.0. The number of ether oxygens (including phenoxy) is 2. The predicted molar refractivity (Wildman–Crippen MR) is 112 cm³/mol. The molecular formula is C22H27N3O4. The van der Waals surface area contributed by atoms with Gasteiger partial charge in [0.25, 0.3) is 11.8 Å². The van der Waals surface area contributed by atoms with Crippen molar-refractivity contribution < 1.29 is 19.1 Å². The van der Waals surface area contributed by atoms with Crippen molar-refractivity contribution >= 4 is 17.5 Å². The van der Waals surface area contributed by atoms with Crippen LogP contribution in [0.3, 0.4) is 0 Å². The van der Waals surface area contributed by atoms with Crippen LogP contribution in [0.5, 0.6) is 11.5 Å². The molecule has 0 aliphatic carbocycles. The van der Waals surface area contributed by atoms with Gasteiger partial charge in [-0.1, -0.05) is 26.0 Å². The lowest BCUT2D eigenvalue weighted by atomic mass is 10.0. The number of rotatable bonds is 8. The summed E-state index contributed by atoms with van der Waals surface area (Å²) < 4.78 is 10.8. The molecule has 0 saturated carbocycles. The highest BCUT2D eigenvalue weighted by molar-refractivity contribution is 5.99. The summed E-state index contributed by atoms with van der Waals surface area (Å²) in [4.78, 5) is 26.4. The van der Waals surface area contributed by atoms with E-state index in [2.05, 4.69) is 29.4 Å².